The molecule has 136 valence electrons. The third-order valence-electron chi connectivity index (χ3n) is 4.21. The first-order valence-electron chi connectivity index (χ1n) is 8.50. The van der Waals surface area contributed by atoms with E-state index >= 15 is 0 Å². The number of nitrogens with zero attached hydrogens (tertiary/aromatic N) is 4. The molecule has 2 heterocycles. The highest BCUT2D eigenvalue weighted by molar-refractivity contribution is 5.91. The van der Waals surface area contributed by atoms with Gasteiger partial charge < -0.3 is 19.9 Å². The smallest absolute Gasteiger partial charge is 0.264 e. The number of hydrogen-bond acceptors (Lipinski definition) is 6. The van der Waals surface area contributed by atoms with Gasteiger partial charge in [0.1, 0.15) is 11.2 Å². The van der Waals surface area contributed by atoms with Crippen LogP contribution in [0.25, 0.3) is 22.2 Å². The maximum absolute atomic E-state index is 12.5. The first-order chi connectivity index (χ1) is 12.5. The van der Waals surface area contributed by atoms with E-state index in [2.05, 4.69) is 15.3 Å². The molecule has 0 spiro atoms. The predicted molar refractivity (Wildman–Crippen MR) is 105 cm³/mol. The summed E-state index contributed by atoms with van der Waals surface area (Å²) in [5, 5.41) is 12.6. The van der Waals surface area contributed by atoms with Crippen LogP contribution in [0.2, 0.25) is 0 Å². The summed E-state index contributed by atoms with van der Waals surface area (Å²) < 4.78 is 1.44. The number of nitrogens with one attached hydrogen (secondary N) is 1. The van der Waals surface area contributed by atoms with Gasteiger partial charge in [0.05, 0.1) is 17.5 Å². The number of hydrogen-bond donors (Lipinski definition) is 2. The number of aliphatic hydroxyl groups is 1. The van der Waals surface area contributed by atoms with Crippen LogP contribution in [0, 0.1) is 0 Å². The minimum absolute atomic E-state index is 0.0763. The van der Waals surface area contributed by atoms with E-state index in [0.29, 0.717) is 29.7 Å². The Kier molecular flexibility index (Phi) is 5.18. The van der Waals surface area contributed by atoms with Crippen molar-refractivity contribution in [2.75, 3.05) is 37.5 Å². The van der Waals surface area contributed by atoms with Crippen molar-refractivity contribution in [1.82, 2.24) is 14.5 Å². The number of aryl methyl sites for hydroxylation is 1. The Labute approximate surface area is 151 Å². The number of fused-ring (bicyclic) bond motifs is 1. The van der Waals surface area contributed by atoms with Crippen molar-refractivity contribution in [3.63, 3.8) is 0 Å². The van der Waals surface area contributed by atoms with Gasteiger partial charge in [0.2, 0.25) is 0 Å². The van der Waals surface area contributed by atoms with E-state index < -0.39 is 0 Å². The highest BCUT2D eigenvalue weighted by Crippen LogP contribution is 2.26. The third kappa shape index (κ3) is 3.52. The summed E-state index contributed by atoms with van der Waals surface area (Å²) in [5.74, 6) is 0.497. The highest BCUT2D eigenvalue weighted by atomic mass is 16.3. The van der Waals surface area contributed by atoms with E-state index in [9.17, 15) is 4.79 Å². The summed E-state index contributed by atoms with van der Waals surface area (Å²) in [6, 6.07) is 9.89. The van der Waals surface area contributed by atoms with Gasteiger partial charge >= 0.3 is 0 Å². The zero-order valence-corrected chi connectivity index (χ0v) is 15.2. The molecule has 0 aliphatic carbocycles. The van der Waals surface area contributed by atoms with Gasteiger partial charge in [-0.25, -0.2) is 9.97 Å². The van der Waals surface area contributed by atoms with Gasteiger partial charge in [-0.3, -0.25) is 4.79 Å². The van der Waals surface area contributed by atoms with Crippen LogP contribution in [0.3, 0.4) is 0 Å². The van der Waals surface area contributed by atoms with E-state index in [1.807, 2.05) is 49.3 Å². The fraction of sp³-hybridized carbons (Fsp3) is 0.316. The highest BCUT2D eigenvalue weighted by Gasteiger charge is 2.13. The molecular weight excluding hydrogens is 330 g/mol. The van der Waals surface area contributed by atoms with Crippen LogP contribution in [0.4, 0.5) is 11.5 Å². The normalized spacial score (nSPS) is 10.9. The summed E-state index contributed by atoms with van der Waals surface area (Å²) in [7, 11) is 5.65. The Morgan fingerprint density at radius 1 is 1.23 bits per heavy atom. The molecule has 7 nitrogen and oxygen atoms in total. The molecule has 0 aliphatic heterocycles. The summed E-state index contributed by atoms with van der Waals surface area (Å²) in [4.78, 5) is 23.6. The SMILES string of the molecule is CN(C)c1ccc(-c2cc3ncn(C)c(=O)c3c(NCCCO)n2)cc1. The molecule has 0 saturated heterocycles. The third-order valence-corrected chi connectivity index (χ3v) is 4.21. The summed E-state index contributed by atoms with van der Waals surface area (Å²) in [6.45, 7) is 0.604. The molecule has 2 N–H and O–H groups in total. The number of rotatable bonds is 6. The molecule has 0 unspecified atom stereocenters. The maximum Gasteiger partial charge on any atom is 0.264 e. The molecule has 0 aliphatic rings. The second kappa shape index (κ2) is 7.53. The quantitative estimate of drug-likeness (QED) is 0.658. The molecule has 0 atom stereocenters. The minimum Gasteiger partial charge on any atom is -0.396 e. The topological polar surface area (TPSA) is 83.3 Å². The van der Waals surface area contributed by atoms with Crippen LogP contribution in [-0.4, -0.2) is 46.9 Å². The molecule has 2 aromatic heterocycles. The Hall–Kier alpha value is -2.93. The van der Waals surface area contributed by atoms with Gasteiger partial charge in [-0.05, 0) is 24.6 Å². The fourth-order valence-corrected chi connectivity index (χ4v) is 2.71. The molecular formula is C19H23N5O2. The number of aromatic nitrogens is 3. The molecule has 7 heteroatoms. The lowest BCUT2D eigenvalue weighted by Gasteiger charge is -2.14. The number of benzene rings is 1. The van der Waals surface area contributed by atoms with Crippen molar-refractivity contribution in [2.24, 2.45) is 7.05 Å². The van der Waals surface area contributed by atoms with Crippen LogP contribution < -0.4 is 15.8 Å². The van der Waals surface area contributed by atoms with Crippen molar-refractivity contribution in [3.8, 4) is 11.3 Å². The lowest BCUT2D eigenvalue weighted by Crippen LogP contribution is -2.19. The van der Waals surface area contributed by atoms with Crippen LogP contribution in [0.1, 0.15) is 6.42 Å². The van der Waals surface area contributed by atoms with Gasteiger partial charge in [-0.1, -0.05) is 12.1 Å². The Morgan fingerprint density at radius 3 is 2.62 bits per heavy atom. The average Bonchev–Trinajstić information content (AvgIpc) is 2.64. The molecule has 0 amide bonds. The average molecular weight is 353 g/mol. The second-order valence-electron chi connectivity index (χ2n) is 6.36. The van der Waals surface area contributed by atoms with Gasteiger partial charge in [0.15, 0.2) is 0 Å². The van der Waals surface area contributed by atoms with E-state index in [0.717, 1.165) is 16.9 Å². The predicted octanol–water partition coefficient (Wildman–Crippen LogP) is 1.86. The Morgan fingerprint density at radius 2 is 1.96 bits per heavy atom. The van der Waals surface area contributed by atoms with Crippen molar-refractivity contribution in [1.29, 1.82) is 0 Å². The maximum atomic E-state index is 12.5. The standard InChI is InChI=1S/C19H23N5O2/c1-23(2)14-7-5-13(6-8-14)15-11-16-17(19(26)24(3)12-21-16)18(22-15)20-9-4-10-25/h5-8,11-12,25H,4,9-10H2,1-3H3,(H,20,22). The second-order valence-corrected chi connectivity index (χ2v) is 6.36. The van der Waals surface area contributed by atoms with E-state index in [1.54, 1.807) is 7.05 Å². The largest absolute Gasteiger partial charge is 0.396 e. The Balaban J connectivity index is 2.11. The van der Waals surface area contributed by atoms with Crippen molar-refractivity contribution >= 4 is 22.4 Å². The zero-order chi connectivity index (χ0) is 18.7. The first-order valence-corrected chi connectivity index (χ1v) is 8.50. The van der Waals surface area contributed by atoms with Crippen molar-refractivity contribution < 1.29 is 5.11 Å². The summed E-state index contributed by atoms with van der Waals surface area (Å²) >= 11 is 0. The summed E-state index contributed by atoms with van der Waals surface area (Å²) in [6.07, 6.45) is 2.09. The van der Waals surface area contributed by atoms with Crippen LogP contribution in [-0.2, 0) is 7.05 Å². The van der Waals surface area contributed by atoms with Crippen molar-refractivity contribution in [2.45, 2.75) is 6.42 Å². The van der Waals surface area contributed by atoms with Gasteiger partial charge in [-0.15, -0.1) is 0 Å². The minimum atomic E-state index is -0.150. The van der Waals surface area contributed by atoms with E-state index in [4.69, 9.17) is 5.11 Å². The molecule has 3 rings (SSSR count). The molecule has 0 radical (unpaired) electrons. The van der Waals surface area contributed by atoms with Crippen LogP contribution in [0.5, 0.6) is 0 Å². The first kappa shape index (κ1) is 17.9. The fourth-order valence-electron chi connectivity index (χ4n) is 2.71. The molecule has 0 bridgehead atoms. The lowest BCUT2D eigenvalue weighted by molar-refractivity contribution is 0.292. The molecule has 0 saturated carbocycles. The van der Waals surface area contributed by atoms with Crippen LogP contribution >= 0.6 is 0 Å². The Bertz CT molecular complexity index is 964. The van der Waals surface area contributed by atoms with Crippen LogP contribution in [0.15, 0.2) is 41.5 Å². The zero-order valence-electron chi connectivity index (χ0n) is 15.2. The molecule has 3 aromatic rings. The van der Waals surface area contributed by atoms with Gasteiger partial charge in [0, 0.05) is 45.5 Å². The van der Waals surface area contributed by atoms with E-state index in [-0.39, 0.29) is 12.2 Å². The number of pyridine rings is 1. The molecule has 26 heavy (non-hydrogen) atoms. The monoisotopic (exact) mass is 353 g/mol. The number of anilines is 2. The molecule has 1 aromatic carbocycles. The lowest BCUT2D eigenvalue weighted by atomic mass is 10.1. The van der Waals surface area contributed by atoms with E-state index in [1.165, 1.54) is 10.9 Å². The van der Waals surface area contributed by atoms with Gasteiger partial charge in [-0.2, -0.15) is 0 Å². The molecule has 0 fully saturated rings. The summed E-state index contributed by atoms with van der Waals surface area (Å²) in [5.41, 5.74) is 3.24. The number of aliphatic hydroxyl groups excluding tert-OH is 1. The van der Waals surface area contributed by atoms with Crippen molar-refractivity contribution in [3.05, 3.63) is 47.0 Å². The van der Waals surface area contributed by atoms with Gasteiger partial charge in [0.25, 0.3) is 5.56 Å².